The fraction of sp³-hybridized carbons (Fsp3) is 0.500. The van der Waals surface area contributed by atoms with Crippen molar-refractivity contribution in [2.24, 2.45) is 0 Å². The van der Waals surface area contributed by atoms with Crippen molar-refractivity contribution >= 4 is 5.97 Å². The first-order valence-corrected chi connectivity index (χ1v) is 3.80. The van der Waals surface area contributed by atoms with E-state index in [0.29, 0.717) is 0 Å². The Morgan fingerprint density at radius 3 is 2.92 bits per heavy atom. The smallest absolute Gasteiger partial charge is 0.105 e. The second-order valence-corrected chi connectivity index (χ2v) is 2.81. The van der Waals surface area contributed by atoms with Gasteiger partial charge in [0.15, 0.2) is 0 Å². The molecule has 1 heterocycles. The number of carbonyl (C=O) groups excluding carboxylic acids is 1. The lowest BCUT2D eigenvalue weighted by atomic mass is 10.2. The fourth-order valence-electron chi connectivity index (χ4n) is 1.19. The Morgan fingerprint density at radius 2 is 2.50 bits per heavy atom. The number of carbonyl (C=O) groups is 1. The van der Waals surface area contributed by atoms with Gasteiger partial charge >= 0.3 is 0 Å². The maximum atomic E-state index is 10.3. The largest absolute Gasteiger partial charge is 0.550 e. The van der Waals surface area contributed by atoms with Crippen LogP contribution in [0.25, 0.3) is 0 Å². The van der Waals surface area contributed by atoms with Crippen LogP contribution in [0.2, 0.25) is 0 Å². The molecule has 1 aromatic heterocycles. The molecule has 0 saturated carbocycles. The zero-order valence-electron chi connectivity index (χ0n) is 7.15. The maximum absolute atomic E-state index is 10.3. The molecule has 0 aliphatic rings. The third-order valence-electron chi connectivity index (χ3n) is 1.80. The third-order valence-corrected chi connectivity index (χ3v) is 1.80. The quantitative estimate of drug-likeness (QED) is 0.631. The van der Waals surface area contributed by atoms with Gasteiger partial charge in [0.05, 0.1) is 0 Å². The van der Waals surface area contributed by atoms with E-state index in [4.69, 9.17) is 0 Å². The molecule has 0 radical (unpaired) electrons. The van der Waals surface area contributed by atoms with Crippen molar-refractivity contribution in [3.05, 3.63) is 18.2 Å². The predicted molar refractivity (Wildman–Crippen MR) is 41.3 cm³/mol. The van der Waals surface area contributed by atoms with Gasteiger partial charge in [-0.1, -0.05) is 0 Å². The van der Waals surface area contributed by atoms with Gasteiger partial charge in [-0.05, 0) is 13.8 Å². The number of hydrogen-bond acceptors (Lipinski definition) is 3. The number of carboxylic acid groups (broad SMARTS) is 1. The van der Waals surface area contributed by atoms with Crippen LogP contribution in [0.5, 0.6) is 0 Å². The van der Waals surface area contributed by atoms with Crippen LogP contribution in [-0.4, -0.2) is 15.5 Å². The van der Waals surface area contributed by atoms with Crippen molar-refractivity contribution in [2.75, 3.05) is 0 Å². The summed E-state index contributed by atoms with van der Waals surface area (Å²) in [6.45, 7) is 3.66. The first-order chi connectivity index (χ1) is 5.61. The average molecular weight is 167 g/mol. The molecule has 1 unspecified atom stereocenters. The van der Waals surface area contributed by atoms with Crippen LogP contribution in [0.3, 0.4) is 0 Å². The molecular formula is C8H11N2O2-. The molecule has 0 spiro atoms. The van der Waals surface area contributed by atoms with Crippen LogP contribution in [-0.2, 0) is 4.79 Å². The van der Waals surface area contributed by atoms with Gasteiger partial charge in [-0.25, -0.2) is 4.98 Å². The van der Waals surface area contributed by atoms with Crippen LogP contribution in [0.4, 0.5) is 0 Å². The van der Waals surface area contributed by atoms with Crippen molar-refractivity contribution in [1.29, 1.82) is 0 Å². The first-order valence-electron chi connectivity index (χ1n) is 3.80. The molecule has 1 rings (SSSR count). The summed E-state index contributed by atoms with van der Waals surface area (Å²) >= 11 is 0. The Kier molecular flexibility index (Phi) is 2.47. The molecule has 4 heteroatoms. The Hall–Kier alpha value is -1.32. The fourth-order valence-corrected chi connectivity index (χ4v) is 1.19. The Labute approximate surface area is 70.9 Å². The standard InChI is InChI=1S/C8H12N2O2/c1-6(5-8(11)12)10-4-3-9-7(10)2/h3-4,6H,5H2,1-2H3,(H,11,12)/p-1. The number of carboxylic acids is 1. The molecule has 0 aromatic carbocycles. The summed E-state index contributed by atoms with van der Waals surface area (Å²) in [6.07, 6.45) is 3.45. The minimum absolute atomic E-state index is 0.0250. The summed E-state index contributed by atoms with van der Waals surface area (Å²) in [6, 6.07) is -0.0856. The van der Waals surface area contributed by atoms with Gasteiger partial charge in [0.25, 0.3) is 0 Å². The van der Waals surface area contributed by atoms with Gasteiger partial charge in [-0.3, -0.25) is 0 Å². The van der Waals surface area contributed by atoms with E-state index in [2.05, 4.69) is 4.98 Å². The van der Waals surface area contributed by atoms with Crippen LogP contribution in [0.15, 0.2) is 12.4 Å². The lowest BCUT2D eigenvalue weighted by Gasteiger charge is -2.14. The molecule has 0 aliphatic carbocycles. The summed E-state index contributed by atoms with van der Waals surface area (Å²) in [5, 5.41) is 10.3. The molecule has 0 fully saturated rings. The highest BCUT2D eigenvalue weighted by atomic mass is 16.4. The Bertz CT molecular complexity index is 280. The number of aryl methyl sites for hydroxylation is 1. The van der Waals surface area contributed by atoms with E-state index >= 15 is 0 Å². The zero-order chi connectivity index (χ0) is 9.14. The molecule has 0 N–H and O–H groups in total. The minimum atomic E-state index is -1.03. The van der Waals surface area contributed by atoms with E-state index in [1.165, 1.54) is 0 Å². The summed E-state index contributed by atoms with van der Waals surface area (Å²) < 4.78 is 1.82. The molecule has 66 valence electrons. The number of aliphatic carboxylic acids is 1. The highest BCUT2D eigenvalue weighted by Crippen LogP contribution is 2.11. The molecule has 0 aliphatic heterocycles. The Morgan fingerprint density at radius 1 is 1.83 bits per heavy atom. The van der Waals surface area contributed by atoms with E-state index < -0.39 is 5.97 Å². The normalized spacial score (nSPS) is 12.8. The van der Waals surface area contributed by atoms with Gasteiger partial charge in [-0.15, -0.1) is 0 Å². The molecule has 0 saturated heterocycles. The van der Waals surface area contributed by atoms with Gasteiger partial charge in [0, 0.05) is 30.8 Å². The van der Waals surface area contributed by atoms with Crippen molar-refractivity contribution in [2.45, 2.75) is 26.3 Å². The topological polar surface area (TPSA) is 58.0 Å². The van der Waals surface area contributed by atoms with Crippen molar-refractivity contribution in [1.82, 2.24) is 9.55 Å². The highest BCUT2D eigenvalue weighted by Gasteiger charge is 2.06. The van der Waals surface area contributed by atoms with Gasteiger partial charge in [0.2, 0.25) is 0 Å². The third kappa shape index (κ3) is 1.84. The second kappa shape index (κ2) is 3.38. The number of nitrogens with zero attached hydrogens (tertiary/aromatic N) is 2. The van der Waals surface area contributed by atoms with Gasteiger partial charge < -0.3 is 14.5 Å². The maximum Gasteiger partial charge on any atom is 0.105 e. The summed E-state index contributed by atoms with van der Waals surface area (Å²) in [5.41, 5.74) is 0. The van der Waals surface area contributed by atoms with Crippen molar-refractivity contribution < 1.29 is 9.90 Å². The van der Waals surface area contributed by atoms with E-state index in [1.807, 2.05) is 18.4 Å². The zero-order valence-corrected chi connectivity index (χ0v) is 7.15. The van der Waals surface area contributed by atoms with E-state index in [9.17, 15) is 9.90 Å². The summed E-state index contributed by atoms with van der Waals surface area (Å²) in [5.74, 6) is -0.209. The highest BCUT2D eigenvalue weighted by molar-refractivity contribution is 5.64. The summed E-state index contributed by atoms with van der Waals surface area (Å²) in [4.78, 5) is 14.3. The SMILES string of the molecule is Cc1nccn1C(C)CC(=O)[O-]. The van der Waals surface area contributed by atoms with E-state index in [1.54, 1.807) is 12.4 Å². The van der Waals surface area contributed by atoms with Crippen LogP contribution < -0.4 is 5.11 Å². The van der Waals surface area contributed by atoms with Crippen LogP contribution in [0, 0.1) is 6.92 Å². The number of imidazole rings is 1. The number of rotatable bonds is 3. The molecule has 1 aromatic rings. The number of hydrogen-bond donors (Lipinski definition) is 0. The molecule has 0 amide bonds. The lowest BCUT2D eigenvalue weighted by Crippen LogP contribution is -2.25. The first kappa shape index (κ1) is 8.77. The van der Waals surface area contributed by atoms with Crippen LogP contribution in [0.1, 0.15) is 25.2 Å². The van der Waals surface area contributed by atoms with E-state index in [-0.39, 0.29) is 12.5 Å². The molecule has 0 bridgehead atoms. The van der Waals surface area contributed by atoms with Gasteiger partial charge in [0.1, 0.15) is 5.82 Å². The predicted octanol–water partition coefficient (Wildman–Crippen LogP) is -0.107. The average Bonchev–Trinajstić information content (AvgIpc) is 2.33. The monoisotopic (exact) mass is 167 g/mol. The van der Waals surface area contributed by atoms with E-state index in [0.717, 1.165) is 5.82 Å². The molecular weight excluding hydrogens is 156 g/mol. The van der Waals surface area contributed by atoms with Crippen molar-refractivity contribution in [3.63, 3.8) is 0 Å². The van der Waals surface area contributed by atoms with Crippen LogP contribution >= 0.6 is 0 Å². The molecule has 1 atom stereocenters. The molecule has 12 heavy (non-hydrogen) atoms. The lowest BCUT2D eigenvalue weighted by molar-refractivity contribution is -0.306. The van der Waals surface area contributed by atoms with Gasteiger partial charge in [-0.2, -0.15) is 0 Å². The molecule has 4 nitrogen and oxygen atoms in total. The summed E-state index contributed by atoms with van der Waals surface area (Å²) in [7, 11) is 0. The Balaban J connectivity index is 2.71. The number of aromatic nitrogens is 2. The van der Waals surface area contributed by atoms with Crippen molar-refractivity contribution in [3.8, 4) is 0 Å². The minimum Gasteiger partial charge on any atom is -0.550 e. The second-order valence-electron chi connectivity index (χ2n) is 2.81.